The van der Waals surface area contributed by atoms with E-state index in [0.29, 0.717) is 0 Å². The van der Waals surface area contributed by atoms with Gasteiger partial charge in [0.1, 0.15) is 0 Å². The van der Waals surface area contributed by atoms with Crippen LogP contribution < -0.4 is 0 Å². The summed E-state index contributed by atoms with van der Waals surface area (Å²) in [6, 6.07) is 0. The second kappa shape index (κ2) is 20.6. The zero-order chi connectivity index (χ0) is 13.2. The summed E-state index contributed by atoms with van der Waals surface area (Å²) in [6.07, 6.45) is 21.9. The molecule has 0 aliphatic carbocycles. The van der Waals surface area contributed by atoms with Gasteiger partial charge < -0.3 is 0 Å². The first-order chi connectivity index (χ1) is 8.33. The first-order valence-electron chi connectivity index (χ1n) is 7.24. The minimum atomic E-state index is 1.11. The van der Waals surface area contributed by atoms with E-state index in [1.165, 1.54) is 38.5 Å². The molecule has 0 nitrogen and oxygen atoms in total. The molecule has 0 saturated heterocycles. The third-order valence-corrected chi connectivity index (χ3v) is 2.21. The van der Waals surface area contributed by atoms with E-state index < -0.39 is 0 Å². The van der Waals surface area contributed by atoms with E-state index in [9.17, 15) is 0 Å². The van der Waals surface area contributed by atoms with Gasteiger partial charge >= 0.3 is 0 Å². The molecular weight excluding hydrogens is 204 g/mol. The van der Waals surface area contributed by atoms with Crippen molar-refractivity contribution in [3.8, 4) is 0 Å². The topological polar surface area (TPSA) is 0 Å². The minimum Gasteiger partial charge on any atom is -0.0917 e. The van der Waals surface area contributed by atoms with E-state index in [1.807, 2.05) is 0 Å². The maximum Gasteiger partial charge on any atom is -0.0169 e. The molecule has 0 fully saturated rings. The number of hydrogen-bond donors (Lipinski definition) is 0. The molecule has 0 saturated carbocycles. The van der Waals surface area contributed by atoms with Crippen LogP contribution in [0.3, 0.4) is 0 Å². The van der Waals surface area contributed by atoms with Gasteiger partial charge in [0.2, 0.25) is 0 Å². The molecule has 0 spiro atoms. The first kappa shape index (κ1) is 18.6. The summed E-state index contributed by atoms with van der Waals surface area (Å²) in [6.45, 7) is 8.64. The van der Waals surface area contributed by atoms with Gasteiger partial charge in [-0.3, -0.25) is 0 Å². The predicted octanol–water partition coefficient (Wildman–Crippen LogP) is 6.45. The Bertz CT molecular complexity index is 170. The second-order valence-electron chi connectivity index (χ2n) is 4.11. The molecule has 17 heavy (non-hydrogen) atoms. The van der Waals surface area contributed by atoms with Gasteiger partial charge in [-0.25, -0.2) is 0 Å². The van der Waals surface area contributed by atoms with Crippen LogP contribution in [0.4, 0.5) is 0 Å². The fraction of sp³-hybridized carbons (Fsp3) is 0.647. The fourth-order valence-electron chi connectivity index (χ4n) is 1.17. The van der Waals surface area contributed by atoms with Crippen LogP contribution in [-0.4, -0.2) is 0 Å². The van der Waals surface area contributed by atoms with Crippen LogP contribution in [0.25, 0.3) is 0 Å². The van der Waals surface area contributed by atoms with E-state index in [-0.39, 0.29) is 0 Å². The zero-order valence-corrected chi connectivity index (χ0v) is 12.4. The van der Waals surface area contributed by atoms with Gasteiger partial charge in [-0.15, -0.1) is 0 Å². The molecule has 0 heteroatoms. The van der Waals surface area contributed by atoms with Crippen molar-refractivity contribution in [2.24, 2.45) is 0 Å². The Balaban J connectivity index is 0. The first-order valence-corrected chi connectivity index (χ1v) is 7.24. The van der Waals surface area contributed by atoms with Crippen molar-refractivity contribution in [3.05, 3.63) is 36.5 Å². The van der Waals surface area contributed by atoms with E-state index in [0.717, 1.165) is 6.42 Å². The number of rotatable bonds is 8. The fourth-order valence-corrected chi connectivity index (χ4v) is 1.17. The Morgan fingerprint density at radius 3 is 1.29 bits per heavy atom. The van der Waals surface area contributed by atoms with Crippen molar-refractivity contribution in [2.45, 2.75) is 72.6 Å². The van der Waals surface area contributed by atoms with Gasteiger partial charge in [0.05, 0.1) is 0 Å². The zero-order valence-electron chi connectivity index (χ0n) is 12.4. The average Bonchev–Trinajstić information content (AvgIpc) is 2.36. The lowest BCUT2D eigenvalue weighted by Gasteiger charge is -1.84. The number of unbranched alkanes of at least 4 members (excludes halogenated alkanes) is 3. The third-order valence-electron chi connectivity index (χ3n) is 2.21. The van der Waals surface area contributed by atoms with Crippen molar-refractivity contribution in [1.29, 1.82) is 0 Å². The van der Waals surface area contributed by atoms with Crippen LogP contribution in [0.15, 0.2) is 36.5 Å². The second-order valence-corrected chi connectivity index (χ2v) is 4.11. The van der Waals surface area contributed by atoms with E-state index in [4.69, 9.17) is 0 Å². The van der Waals surface area contributed by atoms with Crippen molar-refractivity contribution >= 4 is 0 Å². The van der Waals surface area contributed by atoms with Crippen molar-refractivity contribution in [2.75, 3.05) is 0 Å². The summed E-state index contributed by atoms with van der Waals surface area (Å²) < 4.78 is 0. The van der Waals surface area contributed by atoms with Crippen LogP contribution in [-0.2, 0) is 0 Å². The van der Waals surface area contributed by atoms with Gasteiger partial charge in [-0.2, -0.15) is 0 Å². The Morgan fingerprint density at radius 2 is 1.00 bits per heavy atom. The van der Waals surface area contributed by atoms with E-state index in [2.05, 4.69) is 64.2 Å². The Kier molecular flexibility index (Phi) is 22.5. The number of hydrogen-bond acceptors (Lipinski definition) is 0. The summed E-state index contributed by atoms with van der Waals surface area (Å²) in [5.74, 6) is 0. The maximum absolute atomic E-state index is 2.26. The quantitative estimate of drug-likeness (QED) is 0.425. The summed E-state index contributed by atoms with van der Waals surface area (Å²) in [4.78, 5) is 0. The molecule has 0 aromatic rings. The number of allylic oxidation sites excluding steroid dienone is 6. The molecule has 0 amide bonds. The Morgan fingerprint density at radius 1 is 0.588 bits per heavy atom. The summed E-state index contributed by atoms with van der Waals surface area (Å²) in [5.41, 5.74) is 0. The lowest BCUT2D eigenvalue weighted by molar-refractivity contribution is 0.948. The molecular formula is C17H32. The van der Waals surface area contributed by atoms with E-state index >= 15 is 0 Å². The molecule has 0 bridgehead atoms. The largest absolute Gasteiger partial charge is 0.0917 e. The summed E-state index contributed by atoms with van der Waals surface area (Å²) in [7, 11) is 0. The van der Waals surface area contributed by atoms with Crippen molar-refractivity contribution in [1.82, 2.24) is 0 Å². The van der Waals surface area contributed by atoms with Gasteiger partial charge in [0.15, 0.2) is 0 Å². The smallest absolute Gasteiger partial charge is 0.0169 e. The van der Waals surface area contributed by atoms with Crippen LogP contribution >= 0.6 is 0 Å². The SMILES string of the molecule is CC=CCCC.CCCC=CCC=CCCC. The average molecular weight is 236 g/mol. The lowest BCUT2D eigenvalue weighted by atomic mass is 10.2. The molecule has 0 atom stereocenters. The Hall–Kier alpha value is -0.780. The lowest BCUT2D eigenvalue weighted by Crippen LogP contribution is -1.64. The molecule has 0 rings (SSSR count). The molecule has 0 aromatic carbocycles. The molecule has 100 valence electrons. The van der Waals surface area contributed by atoms with Crippen LogP contribution in [0.1, 0.15) is 72.6 Å². The molecule has 0 N–H and O–H groups in total. The van der Waals surface area contributed by atoms with E-state index in [1.54, 1.807) is 0 Å². The monoisotopic (exact) mass is 236 g/mol. The standard InChI is InChI=1S/C11H20.C6H12/c1-3-5-7-9-11-10-8-6-4-2;1-3-5-6-4-2/h7-10H,3-6,11H2,1-2H3;3,5H,4,6H2,1-2H3. The molecule has 0 unspecified atom stereocenters. The molecule has 0 heterocycles. The van der Waals surface area contributed by atoms with Gasteiger partial charge in [-0.05, 0) is 32.6 Å². The maximum atomic E-state index is 2.26. The minimum absolute atomic E-state index is 1.11. The van der Waals surface area contributed by atoms with Crippen LogP contribution in [0.5, 0.6) is 0 Å². The van der Waals surface area contributed by atoms with Gasteiger partial charge in [-0.1, -0.05) is 76.5 Å². The Labute approximate surface area is 110 Å². The third kappa shape index (κ3) is 25.5. The normalized spacial score (nSPS) is 11.3. The molecule has 0 aromatic heterocycles. The highest BCUT2D eigenvalue weighted by Gasteiger charge is 1.73. The molecule has 0 radical (unpaired) electrons. The molecule has 0 aliphatic rings. The highest BCUT2D eigenvalue weighted by molar-refractivity contribution is 4.92. The van der Waals surface area contributed by atoms with Crippen molar-refractivity contribution < 1.29 is 0 Å². The predicted molar refractivity (Wildman–Crippen MR) is 82.4 cm³/mol. The highest BCUT2D eigenvalue weighted by atomic mass is 13.8. The van der Waals surface area contributed by atoms with Crippen LogP contribution in [0.2, 0.25) is 0 Å². The summed E-state index contributed by atoms with van der Waals surface area (Å²) >= 11 is 0. The van der Waals surface area contributed by atoms with Crippen LogP contribution in [0, 0.1) is 0 Å². The van der Waals surface area contributed by atoms with Gasteiger partial charge in [0.25, 0.3) is 0 Å². The molecule has 0 aliphatic heterocycles. The highest BCUT2D eigenvalue weighted by Crippen LogP contribution is 1.94. The van der Waals surface area contributed by atoms with Gasteiger partial charge in [0, 0.05) is 0 Å². The summed E-state index contributed by atoms with van der Waals surface area (Å²) in [5, 5.41) is 0. The van der Waals surface area contributed by atoms with Crippen molar-refractivity contribution in [3.63, 3.8) is 0 Å².